The molecular weight excluding hydrogens is 244 g/mol. The molecule has 0 spiro atoms. The standard InChI is InChI=1S/C14H20N2O3/c1-2-3-12(14(18)19)16-13(17)9-6-10-4-7-11(15)8-5-10/h4-5,7-8,12H,2-3,6,9,15H2,1H3,(H,16,17)(H,18,19)/t12-/m0/s1. The Bertz CT molecular complexity index is 429. The van der Waals surface area contributed by atoms with Crippen LogP contribution in [0, 0.1) is 0 Å². The number of nitrogens with one attached hydrogen (secondary N) is 1. The van der Waals surface area contributed by atoms with Crippen LogP contribution in [0.5, 0.6) is 0 Å². The number of rotatable bonds is 7. The van der Waals surface area contributed by atoms with Gasteiger partial charge in [-0.1, -0.05) is 25.5 Å². The van der Waals surface area contributed by atoms with E-state index < -0.39 is 12.0 Å². The van der Waals surface area contributed by atoms with Crippen molar-refractivity contribution in [2.24, 2.45) is 0 Å². The van der Waals surface area contributed by atoms with E-state index in [1.54, 1.807) is 12.1 Å². The zero-order valence-corrected chi connectivity index (χ0v) is 11.1. The van der Waals surface area contributed by atoms with Crippen LogP contribution in [0.25, 0.3) is 0 Å². The molecule has 0 heterocycles. The number of benzene rings is 1. The fourth-order valence-electron chi connectivity index (χ4n) is 1.75. The minimum absolute atomic E-state index is 0.238. The van der Waals surface area contributed by atoms with E-state index in [0.717, 1.165) is 12.0 Å². The molecule has 0 aliphatic rings. The van der Waals surface area contributed by atoms with E-state index in [4.69, 9.17) is 10.8 Å². The molecule has 0 aliphatic heterocycles. The lowest BCUT2D eigenvalue weighted by Crippen LogP contribution is -2.40. The smallest absolute Gasteiger partial charge is 0.326 e. The summed E-state index contributed by atoms with van der Waals surface area (Å²) in [7, 11) is 0. The van der Waals surface area contributed by atoms with Crippen molar-refractivity contribution < 1.29 is 14.7 Å². The first kappa shape index (κ1) is 15.0. The molecule has 19 heavy (non-hydrogen) atoms. The van der Waals surface area contributed by atoms with E-state index in [1.165, 1.54) is 0 Å². The second-order valence-corrected chi connectivity index (χ2v) is 4.49. The Morgan fingerprint density at radius 3 is 2.47 bits per heavy atom. The highest BCUT2D eigenvalue weighted by atomic mass is 16.4. The van der Waals surface area contributed by atoms with Crippen molar-refractivity contribution in [1.82, 2.24) is 5.32 Å². The van der Waals surface area contributed by atoms with Crippen molar-refractivity contribution in [2.45, 2.75) is 38.6 Å². The van der Waals surface area contributed by atoms with Crippen LogP contribution in [0.15, 0.2) is 24.3 Å². The maximum atomic E-state index is 11.7. The average Bonchev–Trinajstić information content (AvgIpc) is 2.37. The summed E-state index contributed by atoms with van der Waals surface area (Å²) in [5.41, 5.74) is 7.26. The Balaban J connectivity index is 2.42. The normalized spacial score (nSPS) is 11.8. The van der Waals surface area contributed by atoms with Crippen LogP contribution in [0.2, 0.25) is 0 Å². The van der Waals surface area contributed by atoms with Crippen molar-refractivity contribution >= 4 is 17.6 Å². The van der Waals surface area contributed by atoms with Crippen LogP contribution in [0.4, 0.5) is 5.69 Å². The quantitative estimate of drug-likeness (QED) is 0.652. The molecule has 1 rings (SSSR count). The third-order valence-corrected chi connectivity index (χ3v) is 2.83. The number of nitrogens with two attached hydrogens (primary N) is 1. The zero-order chi connectivity index (χ0) is 14.3. The van der Waals surface area contributed by atoms with Gasteiger partial charge in [-0.2, -0.15) is 0 Å². The monoisotopic (exact) mass is 264 g/mol. The zero-order valence-electron chi connectivity index (χ0n) is 11.1. The Morgan fingerprint density at radius 1 is 1.32 bits per heavy atom. The minimum atomic E-state index is -0.984. The molecule has 0 unspecified atom stereocenters. The van der Waals surface area contributed by atoms with Gasteiger partial charge in [0, 0.05) is 12.1 Å². The lowest BCUT2D eigenvalue weighted by molar-refractivity contribution is -0.142. The van der Waals surface area contributed by atoms with Gasteiger partial charge in [-0.3, -0.25) is 4.79 Å². The number of nitrogen functional groups attached to an aromatic ring is 1. The Labute approximate surface area is 112 Å². The first-order valence-corrected chi connectivity index (χ1v) is 6.39. The number of hydrogen-bond donors (Lipinski definition) is 3. The van der Waals surface area contributed by atoms with Crippen molar-refractivity contribution in [3.63, 3.8) is 0 Å². The van der Waals surface area contributed by atoms with Gasteiger partial charge in [0.2, 0.25) is 5.91 Å². The van der Waals surface area contributed by atoms with Crippen LogP contribution in [0.3, 0.4) is 0 Å². The van der Waals surface area contributed by atoms with Gasteiger partial charge in [-0.05, 0) is 30.5 Å². The number of anilines is 1. The summed E-state index contributed by atoms with van der Waals surface area (Å²) in [6.07, 6.45) is 2.01. The second kappa shape index (κ2) is 7.41. The van der Waals surface area contributed by atoms with E-state index in [0.29, 0.717) is 18.5 Å². The number of carboxylic acids is 1. The van der Waals surface area contributed by atoms with Crippen molar-refractivity contribution in [3.05, 3.63) is 29.8 Å². The lowest BCUT2D eigenvalue weighted by atomic mass is 10.1. The number of aliphatic carboxylic acids is 1. The highest BCUT2D eigenvalue weighted by Crippen LogP contribution is 2.08. The van der Waals surface area contributed by atoms with E-state index in [2.05, 4.69) is 5.32 Å². The molecule has 4 N–H and O–H groups in total. The summed E-state index contributed by atoms with van der Waals surface area (Å²) in [4.78, 5) is 22.6. The number of carboxylic acid groups (broad SMARTS) is 1. The summed E-state index contributed by atoms with van der Waals surface area (Å²) < 4.78 is 0. The highest BCUT2D eigenvalue weighted by Gasteiger charge is 2.18. The van der Waals surface area contributed by atoms with Gasteiger partial charge in [0.15, 0.2) is 0 Å². The van der Waals surface area contributed by atoms with Crippen LogP contribution in [-0.2, 0) is 16.0 Å². The van der Waals surface area contributed by atoms with Crippen LogP contribution in [-0.4, -0.2) is 23.0 Å². The molecule has 0 bridgehead atoms. The fraction of sp³-hybridized carbons (Fsp3) is 0.429. The number of carbonyl (C=O) groups is 2. The van der Waals surface area contributed by atoms with E-state index >= 15 is 0 Å². The molecule has 5 heteroatoms. The predicted molar refractivity (Wildman–Crippen MR) is 73.6 cm³/mol. The lowest BCUT2D eigenvalue weighted by Gasteiger charge is -2.13. The number of aryl methyl sites for hydroxylation is 1. The Hall–Kier alpha value is -2.04. The Morgan fingerprint density at radius 2 is 1.95 bits per heavy atom. The highest BCUT2D eigenvalue weighted by molar-refractivity contribution is 5.83. The summed E-state index contributed by atoms with van der Waals surface area (Å²) in [5, 5.41) is 11.5. The topological polar surface area (TPSA) is 92.4 Å². The van der Waals surface area contributed by atoms with E-state index in [1.807, 2.05) is 19.1 Å². The summed E-state index contributed by atoms with van der Waals surface area (Å²) in [6.45, 7) is 1.89. The molecule has 0 saturated carbocycles. The predicted octanol–water partition coefficient (Wildman–Crippen LogP) is 1.57. The average molecular weight is 264 g/mol. The van der Waals surface area contributed by atoms with Crippen molar-refractivity contribution in [1.29, 1.82) is 0 Å². The molecular formula is C14H20N2O3. The SMILES string of the molecule is CCC[C@H](NC(=O)CCc1ccc(N)cc1)C(=O)O. The summed E-state index contributed by atoms with van der Waals surface area (Å²) in [5.74, 6) is -1.22. The minimum Gasteiger partial charge on any atom is -0.480 e. The second-order valence-electron chi connectivity index (χ2n) is 4.49. The number of carbonyl (C=O) groups excluding carboxylic acids is 1. The molecule has 0 fully saturated rings. The molecule has 1 aromatic rings. The van der Waals surface area contributed by atoms with Crippen LogP contribution in [0.1, 0.15) is 31.7 Å². The first-order valence-electron chi connectivity index (χ1n) is 6.39. The molecule has 0 aromatic heterocycles. The largest absolute Gasteiger partial charge is 0.480 e. The molecule has 5 nitrogen and oxygen atoms in total. The maximum absolute atomic E-state index is 11.7. The van der Waals surface area contributed by atoms with Gasteiger partial charge in [0.25, 0.3) is 0 Å². The van der Waals surface area contributed by atoms with Gasteiger partial charge < -0.3 is 16.2 Å². The molecule has 104 valence electrons. The van der Waals surface area contributed by atoms with Gasteiger partial charge in [-0.15, -0.1) is 0 Å². The maximum Gasteiger partial charge on any atom is 0.326 e. The van der Waals surface area contributed by atoms with Crippen LogP contribution >= 0.6 is 0 Å². The fourth-order valence-corrected chi connectivity index (χ4v) is 1.75. The molecule has 1 aromatic carbocycles. The van der Waals surface area contributed by atoms with Crippen molar-refractivity contribution in [2.75, 3.05) is 5.73 Å². The third-order valence-electron chi connectivity index (χ3n) is 2.83. The van der Waals surface area contributed by atoms with Gasteiger partial charge in [0.05, 0.1) is 0 Å². The third kappa shape index (κ3) is 5.42. The molecule has 0 saturated heterocycles. The van der Waals surface area contributed by atoms with Gasteiger partial charge in [0.1, 0.15) is 6.04 Å². The summed E-state index contributed by atoms with van der Waals surface area (Å²) in [6, 6.07) is 6.51. The number of amides is 1. The molecule has 0 radical (unpaired) electrons. The van der Waals surface area contributed by atoms with Gasteiger partial charge in [-0.25, -0.2) is 4.79 Å². The van der Waals surface area contributed by atoms with Crippen LogP contribution < -0.4 is 11.1 Å². The first-order chi connectivity index (χ1) is 9.02. The van der Waals surface area contributed by atoms with E-state index in [9.17, 15) is 9.59 Å². The molecule has 1 atom stereocenters. The Kier molecular flexibility index (Phi) is 5.85. The van der Waals surface area contributed by atoms with E-state index in [-0.39, 0.29) is 12.3 Å². The van der Waals surface area contributed by atoms with Gasteiger partial charge >= 0.3 is 5.97 Å². The summed E-state index contributed by atoms with van der Waals surface area (Å²) >= 11 is 0. The molecule has 0 aliphatic carbocycles. The number of hydrogen-bond acceptors (Lipinski definition) is 3. The van der Waals surface area contributed by atoms with Crippen molar-refractivity contribution in [3.8, 4) is 0 Å². The molecule has 1 amide bonds.